The minimum absolute atomic E-state index is 0.242. The number of aryl methyl sites for hydroxylation is 1. The number of hydrogen-bond acceptors (Lipinski definition) is 4. The first-order chi connectivity index (χ1) is 9.61. The van der Waals surface area contributed by atoms with Gasteiger partial charge in [0.1, 0.15) is 16.3 Å². The summed E-state index contributed by atoms with van der Waals surface area (Å²) >= 11 is 0. The second-order valence-electron chi connectivity index (χ2n) is 4.68. The van der Waals surface area contributed by atoms with Crippen LogP contribution in [0.1, 0.15) is 11.1 Å². The molecule has 1 heterocycles. The Hall–Kier alpha value is -2.14. The molecule has 0 aliphatic rings. The van der Waals surface area contributed by atoms with E-state index >= 15 is 0 Å². The summed E-state index contributed by atoms with van der Waals surface area (Å²) in [5, 5.41) is 0.242. The Labute approximate surface area is 119 Å². The molecule has 0 radical (unpaired) electrons. The summed E-state index contributed by atoms with van der Waals surface area (Å²) in [6, 6.07) is 13.1. The second kappa shape index (κ2) is 5.09. The van der Waals surface area contributed by atoms with Gasteiger partial charge in [-0.1, -0.05) is 29.8 Å². The number of nitrogen functional groups attached to an aromatic ring is 1. The Morgan fingerprint density at radius 3 is 2.70 bits per heavy atom. The first-order valence-electron chi connectivity index (χ1n) is 6.22. The van der Waals surface area contributed by atoms with Crippen molar-refractivity contribution in [1.29, 1.82) is 0 Å². The third-order valence-electron chi connectivity index (χ3n) is 3.01. The minimum atomic E-state index is -1.30. The zero-order valence-corrected chi connectivity index (χ0v) is 11.8. The molecular formula is C15H14N2O2S. The predicted octanol–water partition coefficient (Wildman–Crippen LogP) is 3.03. The number of aromatic nitrogens is 1. The lowest BCUT2D eigenvalue weighted by Gasteiger charge is -1.99. The van der Waals surface area contributed by atoms with Crippen LogP contribution < -0.4 is 5.73 Å². The Kier molecular flexibility index (Phi) is 3.28. The van der Waals surface area contributed by atoms with Crippen molar-refractivity contribution >= 4 is 27.6 Å². The number of nitrogens with zero attached hydrogens (tertiary/aromatic N) is 1. The molecule has 1 unspecified atom stereocenters. The molecule has 0 fully saturated rings. The number of anilines is 1. The van der Waals surface area contributed by atoms with E-state index < -0.39 is 10.8 Å². The number of rotatable bonds is 3. The van der Waals surface area contributed by atoms with Crippen LogP contribution in [0.3, 0.4) is 0 Å². The van der Waals surface area contributed by atoms with Crippen molar-refractivity contribution in [3.63, 3.8) is 0 Å². The molecule has 0 spiro atoms. The summed E-state index contributed by atoms with van der Waals surface area (Å²) in [5.41, 5.74) is 9.70. The molecule has 3 rings (SSSR count). The summed E-state index contributed by atoms with van der Waals surface area (Å²) in [5.74, 6) is 0.391. The fraction of sp³-hybridized carbons (Fsp3) is 0.133. The second-order valence-corrected chi connectivity index (χ2v) is 6.01. The van der Waals surface area contributed by atoms with Gasteiger partial charge in [-0.2, -0.15) is 0 Å². The Morgan fingerprint density at radius 2 is 1.95 bits per heavy atom. The summed E-state index contributed by atoms with van der Waals surface area (Å²) in [6.07, 6.45) is 0. The zero-order chi connectivity index (χ0) is 14.1. The van der Waals surface area contributed by atoms with Crippen LogP contribution >= 0.6 is 0 Å². The third kappa shape index (κ3) is 2.58. The van der Waals surface area contributed by atoms with Gasteiger partial charge in [-0.3, -0.25) is 0 Å². The highest BCUT2D eigenvalue weighted by Crippen LogP contribution is 2.21. The lowest BCUT2D eigenvalue weighted by atomic mass is 10.2. The van der Waals surface area contributed by atoms with Gasteiger partial charge in [-0.05, 0) is 24.6 Å². The molecule has 0 bridgehead atoms. The van der Waals surface area contributed by atoms with E-state index in [2.05, 4.69) is 4.98 Å². The van der Waals surface area contributed by atoms with Crippen LogP contribution in [0.25, 0.3) is 11.1 Å². The SMILES string of the molecule is Cc1ccc(CS(=O)c2nc3ccc(N)cc3o2)cc1. The molecule has 1 atom stereocenters. The fourth-order valence-electron chi connectivity index (χ4n) is 1.91. The van der Waals surface area contributed by atoms with E-state index in [0.29, 0.717) is 22.5 Å². The van der Waals surface area contributed by atoms with Crippen molar-refractivity contribution in [2.24, 2.45) is 0 Å². The Bertz CT molecular complexity index is 778. The molecule has 3 aromatic rings. The van der Waals surface area contributed by atoms with E-state index in [4.69, 9.17) is 10.2 Å². The molecule has 5 heteroatoms. The number of oxazole rings is 1. The smallest absolute Gasteiger partial charge is 0.288 e. The Morgan fingerprint density at radius 1 is 1.20 bits per heavy atom. The maximum atomic E-state index is 12.3. The molecule has 0 aliphatic heterocycles. The van der Waals surface area contributed by atoms with E-state index in [1.807, 2.05) is 31.2 Å². The first kappa shape index (κ1) is 12.9. The van der Waals surface area contributed by atoms with Crippen LogP contribution in [-0.4, -0.2) is 9.19 Å². The van der Waals surface area contributed by atoms with Gasteiger partial charge >= 0.3 is 0 Å². The van der Waals surface area contributed by atoms with Gasteiger partial charge in [-0.15, -0.1) is 0 Å². The first-order valence-corrected chi connectivity index (χ1v) is 7.54. The van der Waals surface area contributed by atoms with E-state index in [1.54, 1.807) is 18.2 Å². The predicted molar refractivity (Wildman–Crippen MR) is 79.7 cm³/mol. The monoisotopic (exact) mass is 286 g/mol. The van der Waals surface area contributed by atoms with Gasteiger partial charge in [0.15, 0.2) is 5.58 Å². The maximum Gasteiger partial charge on any atom is 0.288 e. The molecule has 2 aromatic carbocycles. The van der Waals surface area contributed by atoms with Crippen molar-refractivity contribution in [2.75, 3.05) is 5.73 Å². The van der Waals surface area contributed by atoms with Gasteiger partial charge < -0.3 is 10.2 Å². The number of fused-ring (bicyclic) bond motifs is 1. The van der Waals surface area contributed by atoms with Gasteiger partial charge in [0, 0.05) is 11.8 Å². The van der Waals surface area contributed by atoms with Crippen LogP contribution in [0.2, 0.25) is 0 Å². The third-order valence-corrected chi connectivity index (χ3v) is 4.17. The van der Waals surface area contributed by atoms with Crippen molar-refractivity contribution < 1.29 is 8.63 Å². The van der Waals surface area contributed by atoms with Gasteiger partial charge in [0.05, 0.1) is 5.75 Å². The van der Waals surface area contributed by atoms with Crippen LogP contribution in [0.5, 0.6) is 0 Å². The van der Waals surface area contributed by atoms with Crippen molar-refractivity contribution in [3.05, 3.63) is 53.6 Å². The summed E-state index contributed by atoms with van der Waals surface area (Å²) in [6.45, 7) is 2.02. The van der Waals surface area contributed by atoms with E-state index in [9.17, 15) is 4.21 Å². The molecule has 0 aliphatic carbocycles. The average Bonchev–Trinajstić information content (AvgIpc) is 2.84. The quantitative estimate of drug-likeness (QED) is 0.751. The molecule has 2 N–H and O–H groups in total. The summed E-state index contributed by atoms with van der Waals surface area (Å²) in [7, 11) is -1.30. The van der Waals surface area contributed by atoms with Gasteiger partial charge in [0.25, 0.3) is 5.22 Å². The average molecular weight is 286 g/mol. The van der Waals surface area contributed by atoms with Crippen LogP contribution in [0.4, 0.5) is 5.69 Å². The summed E-state index contributed by atoms with van der Waals surface area (Å²) in [4.78, 5) is 4.25. The highest BCUT2D eigenvalue weighted by molar-refractivity contribution is 7.84. The molecule has 4 nitrogen and oxygen atoms in total. The normalized spacial score (nSPS) is 12.7. The largest absolute Gasteiger partial charge is 0.430 e. The molecular weight excluding hydrogens is 272 g/mol. The number of nitrogens with two attached hydrogens (primary N) is 1. The molecule has 0 saturated heterocycles. The van der Waals surface area contributed by atoms with Crippen LogP contribution in [0, 0.1) is 6.92 Å². The summed E-state index contributed by atoms with van der Waals surface area (Å²) < 4.78 is 17.8. The lowest BCUT2D eigenvalue weighted by molar-refractivity contribution is 0.477. The number of benzene rings is 2. The molecule has 1 aromatic heterocycles. The van der Waals surface area contributed by atoms with E-state index in [0.717, 1.165) is 5.56 Å². The molecule has 0 amide bonds. The number of hydrogen-bond donors (Lipinski definition) is 1. The lowest BCUT2D eigenvalue weighted by Crippen LogP contribution is -1.96. The van der Waals surface area contributed by atoms with Crippen LogP contribution in [0.15, 0.2) is 52.1 Å². The minimum Gasteiger partial charge on any atom is -0.430 e. The topological polar surface area (TPSA) is 69.1 Å². The molecule has 102 valence electrons. The highest BCUT2D eigenvalue weighted by Gasteiger charge is 2.13. The van der Waals surface area contributed by atoms with E-state index in [-0.39, 0.29) is 5.22 Å². The van der Waals surface area contributed by atoms with Crippen molar-refractivity contribution in [1.82, 2.24) is 4.98 Å². The van der Waals surface area contributed by atoms with Crippen molar-refractivity contribution in [3.8, 4) is 0 Å². The zero-order valence-electron chi connectivity index (χ0n) is 11.0. The van der Waals surface area contributed by atoms with E-state index in [1.165, 1.54) is 5.56 Å². The van der Waals surface area contributed by atoms with Crippen molar-refractivity contribution in [2.45, 2.75) is 17.9 Å². The molecule has 20 heavy (non-hydrogen) atoms. The standard InChI is InChI=1S/C15H14N2O2S/c1-10-2-4-11(5-3-10)9-20(18)15-17-13-7-6-12(16)8-14(13)19-15/h2-8H,9,16H2,1H3. The Balaban J connectivity index is 1.86. The fourth-order valence-corrected chi connectivity index (χ4v) is 2.92. The highest BCUT2D eigenvalue weighted by atomic mass is 32.2. The van der Waals surface area contributed by atoms with Gasteiger partial charge in [0.2, 0.25) is 0 Å². The van der Waals surface area contributed by atoms with Gasteiger partial charge in [-0.25, -0.2) is 9.19 Å². The van der Waals surface area contributed by atoms with Crippen LogP contribution in [-0.2, 0) is 16.6 Å². The maximum absolute atomic E-state index is 12.3. The molecule has 0 saturated carbocycles.